The van der Waals surface area contributed by atoms with Crippen molar-refractivity contribution < 1.29 is 13.5 Å². The lowest BCUT2D eigenvalue weighted by Gasteiger charge is -2.18. The lowest BCUT2D eigenvalue weighted by molar-refractivity contribution is 0.114. The van der Waals surface area contributed by atoms with Crippen LogP contribution in [0.1, 0.15) is 25.7 Å². The third-order valence-corrected chi connectivity index (χ3v) is 2.21. The SMILES string of the molecule is O=[PH+]OC1CCCC(F)C1. The summed E-state index contributed by atoms with van der Waals surface area (Å²) in [6.07, 6.45) is 1.94. The first-order chi connectivity index (χ1) is 4.83. The second-order valence-electron chi connectivity index (χ2n) is 2.59. The third-order valence-electron chi connectivity index (χ3n) is 1.78. The molecule has 0 radical (unpaired) electrons. The van der Waals surface area contributed by atoms with Crippen LogP contribution in [0.15, 0.2) is 0 Å². The van der Waals surface area contributed by atoms with Crippen LogP contribution in [0, 0.1) is 0 Å². The van der Waals surface area contributed by atoms with Crippen molar-refractivity contribution in [2.24, 2.45) is 0 Å². The number of hydrogen-bond donors (Lipinski definition) is 0. The van der Waals surface area contributed by atoms with E-state index in [1.165, 1.54) is 0 Å². The largest absolute Gasteiger partial charge is 0.494 e. The van der Waals surface area contributed by atoms with Gasteiger partial charge in [-0.05, 0) is 23.8 Å². The number of rotatable bonds is 2. The first-order valence-corrected chi connectivity index (χ1v) is 4.31. The minimum absolute atomic E-state index is 0.0976. The molecule has 0 N–H and O–H groups in total. The highest BCUT2D eigenvalue weighted by Gasteiger charge is 2.24. The highest BCUT2D eigenvalue weighted by atomic mass is 31.1. The molecule has 1 saturated carbocycles. The molecule has 1 aliphatic rings. The highest BCUT2D eigenvalue weighted by molar-refractivity contribution is 7.17. The summed E-state index contributed by atoms with van der Waals surface area (Å²) in [5.41, 5.74) is 0. The van der Waals surface area contributed by atoms with Crippen molar-refractivity contribution in [3.63, 3.8) is 0 Å². The molecule has 3 unspecified atom stereocenters. The summed E-state index contributed by atoms with van der Waals surface area (Å²) in [6, 6.07) is 0. The van der Waals surface area contributed by atoms with E-state index in [1.54, 1.807) is 0 Å². The molecule has 0 spiro atoms. The average molecular weight is 165 g/mol. The third kappa shape index (κ3) is 2.31. The predicted molar refractivity (Wildman–Crippen MR) is 37.2 cm³/mol. The number of alkyl halides is 1. The molecule has 0 aromatic heterocycles. The average Bonchev–Trinajstić information content (AvgIpc) is 1.88. The smallest absolute Gasteiger partial charge is 0.247 e. The Morgan fingerprint density at radius 1 is 1.50 bits per heavy atom. The molecule has 3 atom stereocenters. The van der Waals surface area contributed by atoms with Crippen LogP contribution >= 0.6 is 8.69 Å². The Balaban J connectivity index is 2.24. The van der Waals surface area contributed by atoms with E-state index in [9.17, 15) is 8.96 Å². The summed E-state index contributed by atoms with van der Waals surface area (Å²) in [5.74, 6) is 0. The molecule has 0 amide bonds. The minimum Gasteiger partial charge on any atom is -0.247 e. The van der Waals surface area contributed by atoms with E-state index in [-0.39, 0.29) is 6.10 Å². The standard InChI is InChI=1S/C6H11FO2P/c7-5-2-1-3-6(4-5)9-10-8/h5-6,10H,1-4H2/q+1. The van der Waals surface area contributed by atoms with Gasteiger partial charge in [0.05, 0.1) is 0 Å². The van der Waals surface area contributed by atoms with Gasteiger partial charge in [-0.25, -0.2) is 4.39 Å². The van der Waals surface area contributed by atoms with Crippen molar-refractivity contribution in [2.45, 2.75) is 38.0 Å². The van der Waals surface area contributed by atoms with Gasteiger partial charge in [-0.2, -0.15) is 0 Å². The Morgan fingerprint density at radius 3 is 2.90 bits per heavy atom. The molecule has 4 heteroatoms. The maximum Gasteiger partial charge on any atom is 0.494 e. The summed E-state index contributed by atoms with van der Waals surface area (Å²) in [7, 11) is -0.738. The number of halogens is 1. The normalized spacial score (nSPS) is 34.5. The van der Waals surface area contributed by atoms with Crippen molar-refractivity contribution in [3.8, 4) is 0 Å². The van der Waals surface area contributed by atoms with Gasteiger partial charge in [0.25, 0.3) is 0 Å². The van der Waals surface area contributed by atoms with Gasteiger partial charge in [0, 0.05) is 6.42 Å². The van der Waals surface area contributed by atoms with Gasteiger partial charge in [0.2, 0.25) is 0 Å². The maximum atomic E-state index is 12.6. The maximum absolute atomic E-state index is 12.6. The molecule has 2 nitrogen and oxygen atoms in total. The van der Waals surface area contributed by atoms with Gasteiger partial charge < -0.3 is 0 Å². The lowest BCUT2D eigenvalue weighted by Crippen LogP contribution is -2.20. The quantitative estimate of drug-likeness (QED) is 0.586. The van der Waals surface area contributed by atoms with Crippen LogP contribution in [0.25, 0.3) is 0 Å². The Labute approximate surface area is 61.0 Å². The molecule has 0 aromatic carbocycles. The van der Waals surface area contributed by atoms with Gasteiger partial charge in [-0.1, -0.05) is 0 Å². The van der Waals surface area contributed by atoms with E-state index in [0.29, 0.717) is 12.8 Å². The van der Waals surface area contributed by atoms with Gasteiger partial charge in [-0.15, -0.1) is 4.52 Å². The van der Waals surface area contributed by atoms with Gasteiger partial charge in [0.1, 0.15) is 12.3 Å². The second kappa shape index (κ2) is 3.99. The zero-order chi connectivity index (χ0) is 7.40. The lowest BCUT2D eigenvalue weighted by atomic mass is 9.96. The van der Waals surface area contributed by atoms with E-state index in [1.807, 2.05) is 0 Å². The van der Waals surface area contributed by atoms with Gasteiger partial charge >= 0.3 is 8.69 Å². The molecule has 0 aliphatic heterocycles. The molecule has 0 heterocycles. The van der Waals surface area contributed by atoms with Crippen LogP contribution < -0.4 is 0 Å². The van der Waals surface area contributed by atoms with E-state index in [0.717, 1.165) is 12.8 Å². The summed E-state index contributed by atoms with van der Waals surface area (Å²) in [4.78, 5) is 0. The zero-order valence-electron chi connectivity index (χ0n) is 5.68. The molecule has 1 rings (SSSR count). The Morgan fingerprint density at radius 2 is 2.30 bits per heavy atom. The molecule has 1 fully saturated rings. The fourth-order valence-corrected chi connectivity index (χ4v) is 1.61. The van der Waals surface area contributed by atoms with Crippen LogP contribution in [0.4, 0.5) is 4.39 Å². The Bertz CT molecular complexity index is 120. The molecule has 0 saturated heterocycles. The van der Waals surface area contributed by atoms with Crippen LogP contribution in [0.5, 0.6) is 0 Å². The molecule has 0 bridgehead atoms. The van der Waals surface area contributed by atoms with Gasteiger partial charge in [-0.3, -0.25) is 0 Å². The molecule has 1 aliphatic carbocycles. The monoisotopic (exact) mass is 165 g/mol. The van der Waals surface area contributed by atoms with Crippen LogP contribution in [0.3, 0.4) is 0 Å². The van der Waals surface area contributed by atoms with Crippen molar-refractivity contribution in [1.82, 2.24) is 0 Å². The van der Waals surface area contributed by atoms with Crippen molar-refractivity contribution in [3.05, 3.63) is 0 Å². The predicted octanol–water partition coefficient (Wildman–Crippen LogP) is 2.22. The number of hydrogen-bond acceptors (Lipinski definition) is 2. The van der Waals surface area contributed by atoms with Crippen molar-refractivity contribution >= 4 is 8.69 Å². The van der Waals surface area contributed by atoms with E-state index >= 15 is 0 Å². The minimum atomic E-state index is -0.741. The Hall–Kier alpha value is -0.0100. The first kappa shape index (κ1) is 8.09. The molecular weight excluding hydrogens is 154 g/mol. The van der Waals surface area contributed by atoms with E-state index in [4.69, 9.17) is 4.52 Å². The fraction of sp³-hybridized carbons (Fsp3) is 1.00. The fourth-order valence-electron chi connectivity index (χ4n) is 1.26. The Kier molecular flexibility index (Phi) is 3.23. The van der Waals surface area contributed by atoms with E-state index in [2.05, 4.69) is 0 Å². The summed E-state index contributed by atoms with van der Waals surface area (Å²) in [5, 5.41) is 0. The summed E-state index contributed by atoms with van der Waals surface area (Å²) in [6.45, 7) is 0. The van der Waals surface area contributed by atoms with Crippen molar-refractivity contribution in [1.29, 1.82) is 0 Å². The first-order valence-electron chi connectivity index (χ1n) is 3.50. The molecule has 58 valence electrons. The summed E-state index contributed by atoms with van der Waals surface area (Å²) >= 11 is 0. The van der Waals surface area contributed by atoms with Crippen LogP contribution in [-0.4, -0.2) is 12.3 Å². The van der Waals surface area contributed by atoms with E-state index < -0.39 is 14.9 Å². The summed E-state index contributed by atoms with van der Waals surface area (Å²) < 4.78 is 27.4. The zero-order valence-corrected chi connectivity index (χ0v) is 6.68. The molecule has 10 heavy (non-hydrogen) atoms. The van der Waals surface area contributed by atoms with Crippen LogP contribution in [0.2, 0.25) is 0 Å². The topological polar surface area (TPSA) is 26.3 Å². The molecular formula is C6H11FO2P+. The van der Waals surface area contributed by atoms with Crippen molar-refractivity contribution in [2.75, 3.05) is 0 Å². The molecule has 0 aromatic rings. The highest BCUT2D eigenvalue weighted by Crippen LogP contribution is 2.25. The second-order valence-corrected chi connectivity index (χ2v) is 2.99. The van der Waals surface area contributed by atoms with Crippen LogP contribution in [-0.2, 0) is 9.09 Å². The van der Waals surface area contributed by atoms with Gasteiger partial charge in [0.15, 0.2) is 0 Å².